The second-order valence-electron chi connectivity index (χ2n) is 5.02. The zero-order chi connectivity index (χ0) is 18.5. The minimum absolute atomic E-state index is 0.0790. The lowest BCUT2D eigenvalue weighted by atomic mass is 10.2. The molecular formula is C17H13F2N3O4. The minimum atomic E-state index is -0.856. The predicted molar refractivity (Wildman–Crippen MR) is 86.8 cm³/mol. The molecule has 0 aliphatic rings. The number of carbonyl (C=O) groups is 1. The molecule has 0 spiro atoms. The Morgan fingerprint density at radius 1 is 1.15 bits per heavy atom. The number of rotatable bonds is 6. The second-order valence-corrected chi connectivity index (χ2v) is 5.02. The molecule has 0 saturated heterocycles. The quantitative estimate of drug-likeness (QED) is 0.726. The van der Waals surface area contributed by atoms with E-state index in [9.17, 15) is 13.6 Å². The van der Waals surface area contributed by atoms with Crippen LogP contribution < -0.4 is 14.8 Å². The van der Waals surface area contributed by atoms with E-state index in [2.05, 4.69) is 15.5 Å². The van der Waals surface area contributed by atoms with E-state index < -0.39 is 17.5 Å². The molecule has 134 valence electrons. The average Bonchev–Trinajstić information content (AvgIpc) is 3.08. The van der Waals surface area contributed by atoms with Gasteiger partial charge in [-0.3, -0.25) is 10.1 Å². The summed E-state index contributed by atoms with van der Waals surface area (Å²) in [5.74, 6) is -1.47. The third-order valence-electron chi connectivity index (χ3n) is 3.26. The van der Waals surface area contributed by atoms with Crippen molar-refractivity contribution < 1.29 is 27.5 Å². The van der Waals surface area contributed by atoms with Crippen molar-refractivity contribution in [1.82, 2.24) is 10.2 Å². The Hall–Kier alpha value is -3.49. The van der Waals surface area contributed by atoms with Crippen molar-refractivity contribution in [3.63, 3.8) is 0 Å². The molecule has 3 aromatic rings. The lowest BCUT2D eigenvalue weighted by Crippen LogP contribution is -2.20. The van der Waals surface area contributed by atoms with Crippen molar-refractivity contribution >= 4 is 11.9 Å². The van der Waals surface area contributed by atoms with Crippen molar-refractivity contribution in [2.24, 2.45) is 0 Å². The van der Waals surface area contributed by atoms with Gasteiger partial charge in [0.2, 0.25) is 0 Å². The zero-order valence-corrected chi connectivity index (χ0v) is 13.5. The molecule has 0 aliphatic carbocycles. The number of amides is 1. The van der Waals surface area contributed by atoms with Gasteiger partial charge >= 0.3 is 6.01 Å². The first-order chi connectivity index (χ1) is 12.6. The van der Waals surface area contributed by atoms with Gasteiger partial charge in [0.05, 0.1) is 12.7 Å². The summed E-state index contributed by atoms with van der Waals surface area (Å²) in [5, 5.41) is 9.55. The molecule has 2 aromatic carbocycles. The molecule has 0 aliphatic heterocycles. The van der Waals surface area contributed by atoms with Gasteiger partial charge in [0.15, 0.2) is 18.1 Å². The van der Waals surface area contributed by atoms with Gasteiger partial charge in [0.1, 0.15) is 11.6 Å². The van der Waals surface area contributed by atoms with E-state index >= 15 is 0 Å². The molecule has 3 rings (SSSR count). The van der Waals surface area contributed by atoms with Crippen molar-refractivity contribution in [3.8, 4) is 23.0 Å². The summed E-state index contributed by atoms with van der Waals surface area (Å²) in [7, 11) is 1.48. The van der Waals surface area contributed by atoms with Crippen LogP contribution in [-0.2, 0) is 4.79 Å². The Kier molecular flexibility index (Phi) is 5.07. The first kappa shape index (κ1) is 17.3. The molecule has 0 atom stereocenters. The summed E-state index contributed by atoms with van der Waals surface area (Å²) in [6.07, 6.45) is 0. The van der Waals surface area contributed by atoms with Crippen LogP contribution in [0.1, 0.15) is 0 Å². The van der Waals surface area contributed by atoms with E-state index in [0.29, 0.717) is 17.6 Å². The number of ether oxygens (including phenoxy) is 2. The van der Waals surface area contributed by atoms with E-state index in [-0.39, 0.29) is 24.1 Å². The summed E-state index contributed by atoms with van der Waals surface area (Å²) in [4.78, 5) is 11.9. The van der Waals surface area contributed by atoms with Gasteiger partial charge in [-0.05, 0) is 24.3 Å². The highest BCUT2D eigenvalue weighted by atomic mass is 19.1. The van der Waals surface area contributed by atoms with E-state index in [1.165, 1.54) is 7.11 Å². The Morgan fingerprint density at radius 2 is 1.92 bits per heavy atom. The number of hydrogen-bond acceptors (Lipinski definition) is 6. The number of hydrogen-bond donors (Lipinski definition) is 1. The maximum atomic E-state index is 13.7. The zero-order valence-electron chi connectivity index (χ0n) is 13.5. The lowest BCUT2D eigenvalue weighted by molar-refractivity contribution is -0.118. The van der Waals surface area contributed by atoms with E-state index in [1.54, 1.807) is 24.3 Å². The van der Waals surface area contributed by atoms with Crippen LogP contribution in [0.25, 0.3) is 11.5 Å². The summed E-state index contributed by atoms with van der Waals surface area (Å²) >= 11 is 0. The van der Waals surface area contributed by atoms with Crippen LogP contribution in [0, 0.1) is 11.6 Å². The molecule has 0 saturated carbocycles. The molecule has 1 amide bonds. The number of benzene rings is 2. The lowest BCUT2D eigenvalue weighted by Gasteiger charge is -2.09. The fraction of sp³-hybridized carbons (Fsp3) is 0.118. The number of nitrogens with one attached hydrogen (secondary N) is 1. The van der Waals surface area contributed by atoms with E-state index in [0.717, 1.165) is 12.1 Å². The molecule has 1 N–H and O–H groups in total. The summed E-state index contributed by atoms with van der Waals surface area (Å²) in [5.41, 5.74) is -0.0790. The predicted octanol–water partition coefficient (Wildman–Crippen LogP) is 3.04. The standard InChI is InChI=1S/C17H13F2N3O4/c1-24-13-4-2-3-5-14(13)25-9-15(23)20-17-22-21-16(26-17)11-7-6-10(18)8-12(11)19/h2-8H,9H2,1H3,(H,20,22,23). The van der Waals surface area contributed by atoms with Crippen LogP contribution in [0.15, 0.2) is 46.9 Å². The maximum Gasteiger partial charge on any atom is 0.322 e. The fourth-order valence-electron chi connectivity index (χ4n) is 2.08. The molecular weight excluding hydrogens is 348 g/mol. The molecule has 7 nitrogen and oxygen atoms in total. The number of methoxy groups -OCH3 is 1. The highest BCUT2D eigenvalue weighted by molar-refractivity contribution is 5.89. The van der Waals surface area contributed by atoms with Gasteiger partial charge in [0, 0.05) is 6.07 Å². The van der Waals surface area contributed by atoms with E-state index in [1.807, 2.05) is 0 Å². The first-order valence-electron chi connectivity index (χ1n) is 7.41. The van der Waals surface area contributed by atoms with Gasteiger partial charge in [-0.15, -0.1) is 5.10 Å². The summed E-state index contributed by atoms with van der Waals surface area (Å²) < 4.78 is 42.3. The van der Waals surface area contributed by atoms with Gasteiger partial charge in [0.25, 0.3) is 11.8 Å². The van der Waals surface area contributed by atoms with Crippen LogP contribution >= 0.6 is 0 Å². The van der Waals surface area contributed by atoms with Crippen LogP contribution in [-0.4, -0.2) is 29.8 Å². The first-order valence-corrected chi connectivity index (χ1v) is 7.41. The van der Waals surface area contributed by atoms with Crippen molar-refractivity contribution in [1.29, 1.82) is 0 Å². The van der Waals surface area contributed by atoms with Gasteiger partial charge in [-0.1, -0.05) is 17.2 Å². The highest BCUT2D eigenvalue weighted by Crippen LogP contribution is 2.26. The third kappa shape index (κ3) is 3.94. The molecule has 26 heavy (non-hydrogen) atoms. The molecule has 0 radical (unpaired) electrons. The Bertz CT molecular complexity index is 930. The Morgan fingerprint density at radius 3 is 2.65 bits per heavy atom. The number of carbonyl (C=O) groups excluding carboxylic acids is 1. The number of para-hydroxylation sites is 2. The molecule has 1 heterocycles. The Balaban J connectivity index is 1.63. The fourth-order valence-corrected chi connectivity index (χ4v) is 2.08. The molecule has 9 heteroatoms. The largest absolute Gasteiger partial charge is 0.493 e. The van der Waals surface area contributed by atoms with Crippen molar-refractivity contribution in [3.05, 3.63) is 54.1 Å². The number of nitrogens with zero attached hydrogens (tertiary/aromatic N) is 2. The number of halogens is 2. The number of aromatic nitrogens is 2. The van der Waals surface area contributed by atoms with Crippen LogP contribution in [0.2, 0.25) is 0 Å². The molecule has 0 bridgehead atoms. The van der Waals surface area contributed by atoms with Crippen LogP contribution in [0.3, 0.4) is 0 Å². The monoisotopic (exact) mass is 361 g/mol. The van der Waals surface area contributed by atoms with Gasteiger partial charge in [-0.2, -0.15) is 0 Å². The van der Waals surface area contributed by atoms with Gasteiger partial charge < -0.3 is 13.9 Å². The van der Waals surface area contributed by atoms with Crippen molar-refractivity contribution in [2.75, 3.05) is 19.0 Å². The Labute approximate surface area is 146 Å². The third-order valence-corrected chi connectivity index (χ3v) is 3.26. The highest BCUT2D eigenvalue weighted by Gasteiger charge is 2.15. The summed E-state index contributed by atoms with van der Waals surface area (Å²) in [6, 6.07) is 9.51. The molecule has 0 fully saturated rings. The number of anilines is 1. The minimum Gasteiger partial charge on any atom is -0.493 e. The van der Waals surface area contributed by atoms with Crippen molar-refractivity contribution in [2.45, 2.75) is 0 Å². The van der Waals surface area contributed by atoms with Crippen LogP contribution in [0.4, 0.5) is 14.8 Å². The normalized spacial score (nSPS) is 10.4. The summed E-state index contributed by atoms with van der Waals surface area (Å²) in [6.45, 7) is -0.330. The SMILES string of the molecule is COc1ccccc1OCC(=O)Nc1nnc(-c2ccc(F)cc2F)o1. The van der Waals surface area contributed by atoms with E-state index in [4.69, 9.17) is 13.9 Å². The topological polar surface area (TPSA) is 86.5 Å². The molecule has 0 unspecified atom stereocenters. The average molecular weight is 361 g/mol. The van der Waals surface area contributed by atoms with Gasteiger partial charge in [-0.25, -0.2) is 8.78 Å². The van der Waals surface area contributed by atoms with Crippen LogP contribution in [0.5, 0.6) is 11.5 Å². The second kappa shape index (κ2) is 7.60. The maximum absolute atomic E-state index is 13.7. The smallest absolute Gasteiger partial charge is 0.322 e. The molecule has 1 aromatic heterocycles.